The number of aromatic nitrogens is 2. The Kier molecular flexibility index (Phi) is 2.56. The molecule has 2 heterocycles. The lowest BCUT2D eigenvalue weighted by Gasteiger charge is -1.94. The maximum absolute atomic E-state index is 10.8. The number of allylic oxidation sites excluding steroid dienone is 1. The van der Waals surface area contributed by atoms with Crippen molar-refractivity contribution >= 4 is 29.1 Å². The summed E-state index contributed by atoms with van der Waals surface area (Å²) in [5.41, 5.74) is 1.49. The molecule has 0 N–H and O–H groups in total. The number of ketones is 1. The van der Waals surface area contributed by atoms with Gasteiger partial charge in [0.1, 0.15) is 5.65 Å². The molecular formula is C11H9ClN2O. The van der Waals surface area contributed by atoms with Crippen LogP contribution in [0, 0.1) is 0 Å². The zero-order valence-electron chi connectivity index (χ0n) is 8.14. The number of fused-ring (bicyclic) bond motifs is 1. The van der Waals surface area contributed by atoms with Crippen molar-refractivity contribution in [1.82, 2.24) is 9.38 Å². The molecule has 0 aromatic carbocycles. The predicted molar refractivity (Wildman–Crippen MR) is 59.9 cm³/mol. The maximum Gasteiger partial charge on any atom is 0.155 e. The summed E-state index contributed by atoms with van der Waals surface area (Å²) in [4.78, 5) is 15.0. The molecule has 0 aliphatic heterocycles. The van der Waals surface area contributed by atoms with Gasteiger partial charge in [0.2, 0.25) is 0 Å². The maximum atomic E-state index is 10.8. The molecule has 0 spiro atoms. The molecule has 15 heavy (non-hydrogen) atoms. The third-order valence-corrected chi connectivity index (χ3v) is 2.28. The highest BCUT2D eigenvalue weighted by molar-refractivity contribution is 6.31. The third kappa shape index (κ3) is 1.92. The number of rotatable bonds is 2. The van der Waals surface area contributed by atoms with Crippen LogP contribution in [0.15, 0.2) is 30.5 Å². The van der Waals surface area contributed by atoms with Crippen molar-refractivity contribution in [2.45, 2.75) is 6.92 Å². The van der Waals surface area contributed by atoms with E-state index in [0.717, 1.165) is 11.3 Å². The van der Waals surface area contributed by atoms with Crippen LogP contribution in [-0.2, 0) is 4.79 Å². The molecule has 0 amide bonds. The van der Waals surface area contributed by atoms with E-state index in [9.17, 15) is 4.79 Å². The molecule has 2 rings (SSSR count). The second kappa shape index (κ2) is 3.87. The first-order valence-corrected chi connectivity index (χ1v) is 4.87. The molecule has 0 aliphatic rings. The first kappa shape index (κ1) is 9.93. The fourth-order valence-electron chi connectivity index (χ4n) is 1.33. The summed E-state index contributed by atoms with van der Waals surface area (Å²) in [6.45, 7) is 1.49. The lowest BCUT2D eigenvalue weighted by Crippen LogP contribution is -1.87. The fourth-order valence-corrected chi connectivity index (χ4v) is 1.57. The molecular weight excluding hydrogens is 212 g/mol. The molecule has 0 saturated heterocycles. The summed E-state index contributed by atoms with van der Waals surface area (Å²) in [7, 11) is 0. The molecule has 76 valence electrons. The van der Waals surface area contributed by atoms with Gasteiger partial charge in [-0.2, -0.15) is 0 Å². The minimum atomic E-state index is -0.0167. The van der Waals surface area contributed by atoms with Crippen molar-refractivity contribution in [2.75, 3.05) is 0 Å². The monoisotopic (exact) mass is 220 g/mol. The lowest BCUT2D eigenvalue weighted by molar-refractivity contribution is -0.112. The van der Waals surface area contributed by atoms with Gasteiger partial charge in [-0.25, -0.2) is 4.98 Å². The number of carbonyl (C=O) groups is 1. The molecule has 2 aromatic rings. The Hall–Kier alpha value is -1.61. The molecule has 4 heteroatoms. The van der Waals surface area contributed by atoms with Gasteiger partial charge in [-0.15, -0.1) is 0 Å². The van der Waals surface area contributed by atoms with Crippen LogP contribution in [-0.4, -0.2) is 15.2 Å². The van der Waals surface area contributed by atoms with Gasteiger partial charge in [-0.1, -0.05) is 17.7 Å². The Labute approximate surface area is 92.0 Å². The fraction of sp³-hybridized carbons (Fsp3) is 0.0909. The van der Waals surface area contributed by atoms with E-state index in [1.54, 1.807) is 6.08 Å². The second-order valence-corrected chi connectivity index (χ2v) is 3.52. The van der Waals surface area contributed by atoms with Gasteiger partial charge in [0, 0.05) is 6.20 Å². The number of imidazole rings is 1. The molecule has 0 fully saturated rings. The van der Waals surface area contributed by atoms with E-state index in [4.69, 9.17) is 11.6 Å². The number of nitrogens with zero attached hydrogens (tertiary/aromatic N) is 2. The largest absolute Gasteiger partial charge is 0.299 e. The van der Waals surface area contributed by atoms with Crippen LogP contribution in [0.3, 0.4) is 0 Å². The van der Waals surface area contributed by atoms with Crippen LogP contribution in [0.5, 0.6) is 0 Å². The van der Waals surface area contributed by atoms with Crippen LogP contribution in [0.4, 0.5) is 0 Å². The van der Waals surface area contributed by atoms with Gasteiger partial charge in [-0.3, -0.25) is 9.20 Å². The minimum Gasteiger partial charge on any atom is -0.299 e. The molecule has 0 bridgehead atoms. The van der Waals surface area contributed by atoms with E-state index in [0.29, 0.717) is 5.15 Å². The Morgan fingerprint density at radius 1 is 1.53 bits per heavy atom. The molecule has 0 aliphatic carbocycles. The predicted octanol–water partition coefficient (Wildman–Crippen LogP) is 2.59. The third-order valence-electron chi connectivity index (χ3n) is 2.00. The number of pyridine rings is 1. The quantitative estimate of drug-likeness (QED) is 0.729. The van der Waals surface area contributed by atoms with Crippen LogP contribution >= 0.6 is 11.6 Å². The van der Waals surface area contributed by atoms with Gasteiger partial charge in [0.25, 0.3) is 0 Å². The van der Waals surface area contributed by atoms with Crippen molar-refractivity contribution < 1.29 is 4.79 Å². The molecule has 2 aromatic heterocycles. The summed E-state index contributed by atoms with van der Waals surface area (Å²) in [6.07, 6.45) is 5.00. The Morgan fingerprint density at radius 3 is 3.07 bits per heavy atom. The standard InChI is InChI=1S/C11H9ClN2O/c1-8(15)5-6-9-11(12)13-10-4-2-3-7-14(9)10/h2-7H,1H3. The van der Waals surface area contributed by atoms with Crippen molar-refractivity contribution in [3.63, 3.8) is 0 Å². The summed E-state index contributed by atoms with van der Waals surface area (Å²) >= 11 is 5.96. The highest BCUT2D eigenvalue weighted by atomic mass is 35.5. The highest BCUT2D eigenvalue weighted by Crippen LogP contribution is 2.18. The van der Waals surface area contributed by atoms with E-state index in [1.165, 1.54) is 13.0 Å². The average molecular weight is 221 g/mol. The van der Waals surface area contributed by atoms with Crippen molar-refractivity contribution in [3.05, 3.63) is 41.3 Å². The first-order valence-electron chi connectivity index (χ1n) is 4.50. The zero-order chi connectivity index (χ0) is 10.8. The van der Waals surface area contributed by atoms with Gasteiger partial charge in [0.05, 0.1) is 5.69 Å². The van der Waals surface area contributed by atoms with E-state index < -0.39 is 0 Å². The van der Waals surface area contributed by atoms with E-state index >= 15 is 0 Å². The van der Waals surface area contributed by atoms with Crippen LogP contribution in [0.2, 0.25) is 5.15 Å². The SMILES string of the molecule is CC(=O)C=Cc1c(Cl)nc2ccccn12. The molecule has 3 nitrogen and oxygen atoms in total. The molecule has 0 unspecified atom stereocenters. The minimum absolute atomic E-state index is 0.0167. The van der Waals surface area contributed by atoms with Gasteiger partial charge >= 0.3 is 0 Å². The summed E-state index contributed by atoms with van der Waals surface area (Å²) in [5.74, 6) is -0.0167. The normalized spacial score (nSPS) is 11.3. The Balaban J connectivity index is 2.59. The Morgan fingerprint density at radius 2 is 2.33 bits per heavy atom. The van der Waals surface area contributed by atoms with Crippen LogP contribution in [0.25, 0.3) is 11.7 Å². The van der Waals surface area contributed by atoms with Gasteiger partial charge in [-0.05, 0) is 31.2 Å². The van der Waals surface area contributed by atoms with Crippen LogP contribution in [0.1, 0.15) is 12.6 Å². The van der Waals surface area contributed by atoms with Crippen molar-refractivity contribution in [1.29, 1.82) is 0 Å². The Bertz CT molecular complexity index is 543. The zero-order valence-corrected chi connectivity index (χ0v) is 8.90. The summed E-state index contributed by atoms with van der Waals surface area (Å²) < 4.78 is 1.84. The van der Waals surface area contributed by atoms with Crippen molar-refractivity contribution in [2.24, 2.45) is 0 Å². The second-order valence-electron chi connectivity index (χ2n) is 3.16. The summed E-state index contributed by atoms with van der Waals surface area (Å²) in [5, 5.41) is 0.402. The number of hydrogen-bond acceptors (Lipinski definition) is 2. The lowest BCUT2D eigenvalue weighted by atomic mass is 10.3. The highest BCUT2D eigenvalue weighted by Gasteiger charge is 2.06. The van der Waals surface area contributed by atoms with Crippen LogP contribution < -0.4 is 0 Å². The number of carbonyl (C=O) groups excluding carboxylic acids is 1. The summed E-state index contributed by atoms with van der Waals surface area (Å²) in [6, 6.07) is 5.63. The van der Waals surface area contributed by atoms with E-state index in [1.807, 2.05) is 28.8 Å². The molecule has 0 radical (unpaired) electrons. The van der Waals surface area contributed by atoms with E-state index in [-0.39, 0.29) is 5.78 Å². The first-order chi connectivity index (χ1) is 7.18. The van der Waals surface area contributed by atoms with Crippen molar-refractivity contribution in [3.8, 4) is 0 Å². The number of halogens is 1. The van der Waals surface area contributed by atoms with E-state index in [2.05, 4.69) is 4.98 Å². The smallest absolute Gasteiger partial charge is 0.155 e. The van der Waals surface area contributed by atoms with Gasteiger partial charge < -0.3 is 0 Å². The molecule has 0 atom stereocenters. The topological polar surface area (TPSA) is 34.4 Å². The number of hydrogen-bond donors (Lipinski definition) is 0. The molecule has 0 saturated carbocycles. The average Bonchev–Trinajstić information content (AvgIpc) is 2.50. The van der Waals surface area contributed by atoms with Gasteiger partial charge in [0.15, 0.2) is 10.9 Å².